The van der Waals surface area contributed by atoms with Crippen LogP contribution in [-0.2, 0) is 17.7 Å². The van der Waals surface area contributed by atoms with Gasteiger partial charge in [0.05, 0.1) is 12.1 Å². The molecular weight excluding hydrogens is 340 g/mol. The topological polar surface area (TPSA) is 70.6 Å². The van der Waals surface area contributed by atoms with E-state index in [1.165, 1.54) is 0 Å². The van der Waals surface area contributed by atoms with Gasteiger partial charge in [-0.3, -0.25) is 0 Å². The third-order valence-electron chi connectivity index (χ3n) is 3.99. The quantitative estimate of drug-likeness (QED) is 0.667. The number of hydrogen-bond donors (Lipinski definition) is 3. The zero-order valence-electron chi connectivity index (χ0n) is 16.3. The van der Waals surface area contributed by atoms with Gasteiger partial charge in [0.25, 0.3) is 0 Å². The van der Waals surface area contributed by atoms with Crippen LogP contribution in [0.4, 0.5) is 4.79 Å². The molecular formula is C22H30N2O3. The molecule has 0 saturated carbocycles. The fraction of sp³-hybridized carbons (Fsp3) is 0.409. The first kappa shape index (κ1) is 20.9. The van der Waals surface area contributed by atoms with E-state index in [2.05, 4.69) is 10.6 Å². The average Bonchev–Trinajstić information content (AvgIpc) is 2.61. The Morgan fingerprint density at radius 1 is 1.00 bits per heavy atom. The Morgan fingerprint density at radius 3 is 2.11 bits per heavy atom. The molecule has 1 amide bonds. The smallest absolute Gasteiger partial charge is 0.407 e. The molecule has 2 aromatic rings. The van der Waals surface area contributed by atoms with Crippen molar-refractivity contribution in [2.24, 2.45) is 0 Å². The third kappa shape index (κ3) is 8.24. The molecule has 5 heteroatoms. The summed E-state index contributed by atoms with van der Waals surface area (Å²) in [5, 5.41) is 16.7. The van der Waals surface area contributed by atoms with Crippen LogP contribution < -0.4 is 10.6 Å². The molecule has 2 unspecified atom stereocenters. The molecule has 0 aliphatic heterocycles. The largest absolute Gasteiger partial charge is 0.444 e. The van der Waals surface area contributed by atoms with E-state index >= 15 is 0 Å². The summed E-state index contributed by atoms with van der Waals surface area (Å²) < 4.78 is 5.35. The summed E-state index contributed by atoms with van der Waals surface area (Å²) in [5.41, 5.74) is 1.60. The lowest BCUT2D eigenvalue weighted by Gasteiger charge is -2.27. The maximum atomic E-state index is 12.2. The predicted molar refractivity (Wildman–Crippen MR) is 107 cm³/mol. The van der Waals surface area contributed by atoms with Crippen molar-refractivity contribution in [3.8, 4) is 0 Å². The monoisotopic (exact) mass is 370 g/mol. The number of nitrogens with one attached hydrogen (secondary N) is 2. The molecule has 2 atom stereocenters. The molecule has 0 spiro atoms. The number of alkyl carbamates (subject to hydrolysis) is 1. The zero-order valence-corrected chi connectivity index (χ0v) is 16.3. The van der Waals surface area contributed by atoms with Gasteiger partial charge in [0.2, 0.25) is 0 Å². The van der Waals surface area contributed by atoms with Crippen LogP contribution in [0.25, 0.3) is 0 Å². The number of carbonyl (C=O) groups excluding carboxylic acids is 1. The minimum atomic E-state index is -0.749. The van der Waals surface area contributed by atoms with Crippen molar-refractivity contribution in [1.29, 1.82) is 0 Å². The van der Waals surface area contributed by atoms with E-state index in [9.17, 15) is 9.90 Å². The van der Waals surface area contributed by atoms with Crippen LogP contribution in [0.2, 0.25) is 0 Å². The molecule has 0 radical (unpaired) electrons. The zero-order chi connectivity index (χ0) is 19.7. The van der Waals surface area contributed by atoms with E-state index in [0.717, 1.165) is 11.1 Å². The first-order valence-corrected chi connectivity index (χ1v) is 9.29. The molecule has 0 saturated heterocycles. The summed E-state index contributed by atoms with van der Waals surface area (Å²) in [7, 11) is 0. The summed E-state index contributed by atoms with van der Waals surface area (Å²) in [6, 6.07) is 19.3. The van der Waals surface area contributed by atoms with Gasteiger partial charge in [0.15, 0.2) is 0 Å². The molecule has 0 heterocycles. The molecule has 0 fully saturated rings. The van der Waals surface area contributed by atoms with Crippen molar-refractivity contribution in [2.75, 3.05) is 6.54 Å². The lowest BCUT2D eigenvalue weighted by molar-refractivity contribution is 0.0422. The summed E-state index contributed by atoms with van der Waals surface area (Å²) in [4.78, 5) is 12.2. The molecule has 2 aromatic carbocycles. The third-order valence-corrected chi connectivity index (χ3v) is 3.99. The van der Waals surface area contributed by atoms with Gasteiger partial charge in [0, 0.05) is 13.1 Å². The number of aliphatic hydroxyl groups is 1. The minimum Gasteiger partial charge on any atom is -0.444 e. The highest BCUT2D eigenvalue weighted by molar-refractivity contribution is 5.68. The van der Waals surface area contributed by atoms with E-state index in [0.29, 0.717) is 19.5 Å². The highest BCUT2D eigenvalue weighted by Gasteiger charge is 2.24. The maximum Gasteiger partial charge on any atom is 0.407 e. The number of amides is 1. The van der Waals surface area contributed by atoms with Crippen LogP contribution in [0.3, 0.4) is 0 Å². The van der Waals surface area contributed by atoms with Crippen molar-refractivity contribution in [3.63, 3.8) is 0 Å². The second kappa shape index (κ2) is 10.1. The Bertz CT molecular complexity index is 684. The first-order valence-electron chi connectivity index (χ1n) is 9.29. The fourth-order valence-electron chi connectivity index (χ4n) is 2.71. The van der Waals surface area contributed by atoms with Crippen LogP contribution in [0.5, 0.6) is 0 Å². The first-order chi connectivity index (χ1) is 12.8. The van der Waals surface area contributed by atoms with Gasteiger partial charge in [-0.1, -0.05) is 60.7 Å². The Morgan fingerprint density at radius 2 is 1.56 bits per heavy atom. The average molecular weight is 370 g/mol. The van der Waals surface area contributed by atoms with Gasteiger partial charge in [-0.15, -0.1) is 0 Å². The van der Waals surface area contributed by atoms with Crippen molar-refractivity contribution in [3.05, 3.63) is 71.8 Å². The number of hydrogen-bond acceptors (Lipinski definition) is 4. The standard InChI is InChI=1S/C22H30N2O3/c1-22(2,3)27-21(26)24-19(14-17-10-6-4-7-11-17)20(25)16-23-15-18-12-8-5-9-13-18/h4-13,19-20,23,25H,14-16H2,1-3H3,(H,24,26). The minimum absolute atomic E-state index is 0.363. The van der Waals surface area contributed by atoms with Crippen LogP contribution in [0, 0.1) is 0 Å². The SMILES string of the molecule is CC(C)(C)OC(=O)NC(Cc1ccccc1)C(O)CNCc1ccccc1. The Labute approximate surface area is 161 Å². The predicted octanol–water partition coefficient (Wildman–Crippen LogP) is 3.27. The molecule has 146 valence electrons. The van der Waals surface area contributed by atoms with E-state index in [1.807, 2.05) is 81.4 Å². The molecule has 0 aliphatic carbocycles. The number of rotatable bonds is 8. The fourth-order valence-corrected chi connectivity index (χ4v) is 2.71. The van der Waals surface area contributed by atoms with Crippen LogP contribution in [0.15, 0.2) is 60.7 Å². The van der Waals surface area contributed by atoms with Crippen molar-refractivity contribution >= 4 is 6.09 Å². The van der Waals surface area contributed by atoms with Crippen LogP contribution in [-0.4, -0.2) is 35.5 Å². The van der Waals surface area contributed by atoms with Gasteiger partial charge < -0.3 is 20.5 Å². The highest BCUT2D eigenvalue weighted by Crippen LogP contribution is 2.10. The Kier molecular flexibility index (Phi) is 7.82. The molecule has 5 nitrogen and oxygen atoms in total. The Hall–Kier alpha value is -2.37. The van der Waals surface area contributed by atoms with Gasteiger partial charge in [0.1, 0.15) is 5.60 Å². The van der Waals surface area contributed by atoms with Crippen LogP contribution in [0.1, 0.15) is 31.9 Å². The molecule has 0 aromatic heterocycles. The maximum absolute atomic E-state index is 12.2. The van der Waals surface area contributed by atoms with Gasteiger partial charge >= 0.3 is 6.09 Å². The van der Waals surface area contributed by atoms with E-state index in [4.69, 9.17) is 4.74 Å². The molecule has 27 heavy (non-hydrogen) atoms. The summed E-state index contributed by atoms with van der Waals surface area (Å²) in [5.74, 6) is 0. The second-order valence-electron chi connectivity index (χ2n) is 7.63. The summed E-state index contributed by atoms with van der Waals surface area (Å²) in [6.45, 7) is 6.47. The molecule has 2 rings (SSSR count). The van der Waals surface area contributed by atoms with Gasteiger partial charge in [-0.2, -0.15) is 0 Å². The number of ether oxygens (including phenoxy) is 1. The van der Waals surface area contributed by atoms with Crippen molar-refractivity contribution in [2.45, 2.75) is 51.5 Å². The van der Waals surface area contributed by atoms with E-state index in [-0.39, 0.29) is 0 Å². The summed E-state index contributed by atoms with van der Waals surface area (Å²) in [6.07, 6.45) is -0.749. The van der Waals surface area contributed by atoms with Gasteiger partial charge in [-0.25, -0.2) is 4.79 Å². The molecule has 0 aliphatic rings. The second-order valence-corrected chi connectivity index (χ2v) is 7.63. The van der Waals surface area contributed by atoms with Crippen molar-refractivity contribution in [1.82, 2.24) is 10.6 Å². The highest BCUT2D eigenvalue weighted by atomic mass is 16.6. The van der Waals surface area contributed by atoms with Crippen molar-refractivity contribution < 1.29 is 14.6 Å². The Balaban J connectivity index is 1.95. The summed E-state index contributed by atoms with van der Waals surface area (Å²) >= 11 is 0. The van der Waals surface area contributed by atoms with Crippen LogP contribution >= 0.6 is 0 Å². The normalized spacial score (nSPS) is 13.6. The number of benzene rings is 2. The van der Waals surface area contributed by atoms with E-state index < -0.39 is 23.8 Å². The van der Waals surface area contributed by atoms with Gasteiger partial charge in [-0.05, 0) is 38.3 Å². The molecule has 0 bridgehead atoms. The van der Waals surface area contributed by atoms with E-state index in [1.54, 1.807) is 0 Å². The number of carbonyl (C=O) groups is 1. The lowest BCUT2D eigenvalue weighted by atomic mass is 10.0. The molecule has 3 N–H and O–H groups in total. The lowest BCUT2D eigenvalue weighted by Crippen LogP contribution is -2.49. The number of aliphatic hydroxyl groups excluding tert-OH is 1.